The number of carbonyl (C=O) groups is 3. The highest BCUT2D eigenvalue weighted by atomic mass is 16.6. The second kappa shape index (κ2) is 67.5. The summed E-state index contributed by atoms with van der Waals surface area (Å²) in [6.45, 7) is 6.32. The van der Waals surface area contributed by atoms with Gasteiger partial charge in [-0.05, 0) is 122 Å². The van der Waals surface area contributed by atoms with Gasteiger partial charge in [-0.15, -0.1) is 0 Å². The van der Waals surface area contributed by atoms with E-state index in [-0.39, 0.29) is 37.5 Å². The van der Waals surface area contributed by atoms with Crippen molar-refractivity contribution in [2.24, 2.45) is 0 Å². The molecule has 0 aliphatic carbocycles. The van der Waals surface area contributed by atoms with E-state index in [0.29, 0.717) is 19.3 Å². The Hall–Kier alpha value is -4.97. The number of hydrogen-bond acceptors (Lipinski definition) is 6. The minimum atomic E-state index is -0.812. The quantitative estimate of drug-likeness (QED) is 0.0261. The Bertz CT molecular complexity index is 1810. The fourth-order valence-electron chi connectivity index (χ4n) is 8.67. The van der Waals surface area contributed by atoms with Gasteiger partial charge in [-0.1, -0.05) is 294 Å². The van der Waals surface area contributed by atoms with Crippen LogP contribution < -0.4 is 0 Å². The van der Waals surface area contributed by atoms with E-state index >= 15 is 0 Å². The van der Waals surface area contributed by atoms with Crippen LogP contribution in [-0.4, -0.2) is 37.2 Å². The first-order chi connectivity index (χ1) is 40.0. The van der Waals surface area contributed by atoms with Gasteiger partial charge in [-0.25, -0.2) is 0 Å². The molecule has 0 spiro atoms. The lowest BCUT2D eigenvalue weighted by atomic mass is 10.0. The summed E-state index contributed by atoms with van der Waals surface area (Å²) in [5.74, 6) is -0.973. The number of hydrogen-bond donors (Lipinski definition) is 0. The molecule has 0 saturated heterocycles. The molecule has 456 valence electrons. The van der Waals surface area contributed by atoms with Gasteiger partial charge in [0.15, 0.2) is 6.10 Å². The molecule has 1 unspecified atom stereocenters. The summed E-state index contributed by atoms with van der Waals surface area (Å²) in [7, 11) is 0. The lowest BCUT2D eigenvalue weighted by Gasteiger charge is -2.18. The van der Waals surface area contributed by atoms with Crippen LogP contribution in [0.15, 0.2) is 158 Å². The Morgan fingerprint density at radius 3 is 0.790 bits per heavy atom. The average Bonchev–Trinajstić information content (AvgIpc) is 3.46. The van der Waals surface area contributed by atoms with Crippen LogP contribution in [0.5, 0.6) is 0 Å². The number of carbonyl (C=O) groups excluding carboxylic acids is 3. The summed E-state index contributed by atoms with van der Waals surface area (Å²) in [5.41, 5.74) is 0. The van der Waals surface area contributed by atoms with E-state index in [4.69, 9.17) is 14.2 Å². The molecule has 0 fully saturated rings. The fraction of sp³-hybridized carbons (Fsp3) is 0.613. The predicted octanol–water partition coefficient (Wildman–Crippen LogP) is 22.9. The Morgan fingerprint density at radius 1 is 0.259 bits per heavy atom. The number of esters is 3. The molecular formula is C75H120O6. The fourth-order valence-corrected chi connectivity index (χ4v) is 8.67. The highest BCUT2D eigenvalue weighted by Gasteiger charge is 2.19. The topological polar surface area (TPSA) is 78.9 Å². The van der Waals surface area contributed by atoms with Crippen molar-refractivity contribution in [3.05, 3.63) is 158 Å². The zero-order valence-corrected chi connectivity index (χ0v) is 52.2. The lowest BCUT2D eigenvalue weighted by molar-refractivity contribution is -0.167. The molecule has 0 bridgehead atoms. The van der Waals surface area contributed by atoms with Crippen molar-refractivity contribution in [1.82, 2.24) is 0 Å². The molecule has 81 heavy (non-hydrogen) atoms. The van der Waals surface area contributed by atoms with Gasteiger partial charge in [-0.3, -0.25) is 14.4 Å². The molecule has 0 aliphatic heterocycles. The molecule has 0 N–H and O–H groups in total. The maximum atomic E-state index is 12.8. The van der Waals surface area contributed by atoms with E-state index in [9.17, 15) is 14.4 Å². The molecule has 6 nitrogen and oxygen atoms in total. The van der Waals surface area contributed by atoms with Crippen molar-refractivity contribution < 1.29 is 28.6 Å². The molecule has 0 aromatic carbocycles. The maximum Gasteiger partial charge on any atom is 0.306 e. The summed E-state index contributed by atoms with van der Waals surface area (Å²) in [6.07, 6.45) is 98.6. The highest BCUT2D eigenvalue weighted by Crippen LogP contribution is 2.15. The summed E-state index contributed by atoms with van der Waals surface area (Å²) in [6, 6.07) is 0. The van der Waals surface area contributed by atoms with E-state index in [2.05, 4.69) is 179 Å². The van der Waals surface area contributed by atoms with Crippen molar-refractivity contribution in [2.45, 2.75) is 284 Å². The molecule has 0 aliphatic rings. The molecule has 0 rings (SSSR count). The number of rotatable bonds is 58. The van der Waals surface area contributed by atoms with E-state index in [1.165, 1.54) is 103 Å². The molecule has 1 atom stereocenters. The van der Waals surface area contributed by atoms with Crippen LogP contribution in [0.1, 0.15) is 278 Å². The number of allylic oxidation sites excluding steroid dienone is 26. The van der Waals surface area contributed by atoms with Crippen molar-refractivity contribution in [3.63, 3.8) is 0 Å². The first-order valence-corrected chi connectivity index (χ1v) is 33.0. The second-order valence-electron chi connectivity index (χ2n) is 21.3. The normalized spacial score (nSPS) is 13.2. The first-order valence-electron chi connectivity index (χ1n) is 33.0. The maximum absolute atomic E-state index is 12.8. The second-order valence-corrected chi connectivity index (χ2v) is 21.3. The Morgan fingerprint density at radius 2 is 0.494 bits per heavy atom. The van der Waals surface area contributed by atoms with Gasteiger partial charge in [0.25, 0.3) is 0 Å². The summed E-state index contributed by atoms with van der Waals surface area (Å²) in [5, 5.41) is 0. The van der Waals surface area contributed by atoms with Gasteiger partial charge in [0, 0.05) is 19.3 Å². The van der Waals surface area contributed by atoms with Crippen molar-refractivity contribution >= 4 is 17.9 Å². The zero-order valence-electron chi connectivity index (χ0n) is 52.2. The van der Waals surface area contributed by atoms with Crippen LogP contribution in [0.3, 0.4) is 0 Å². The summed E-state index contributed by atoms with van der Waals surface area (Å²) >= 11 is 0. The lowest BCUT2D eigenvalue weighted by Crippen LogP contribution is -2.30. The van der Waals surface area contributed by atoms with Crippen LogP contribution in [-0.2, 0) is 28.6 Å². The summed E-state index contributed by atoms with van der Waals surface area (Å²) < 4.78 is 16.8. The highest BCUT2D eigenvalue weighted by molar-refractivity contribution is 5.71. The largest absolute Gasteiger partial charge is 0.462 e. The van der Waals surface area contributed by atoms with Crippen molar-refractivity contribution in [1.29, 1.82) is 0 Å². The molecular weight excluding hydrogens is 997 g/mol. The minimum Gasteiger partial charge on any atom is -0.462 e. The Labute approximate surface area is 499 Å². The third-order valence-electron chi connectivity index (χ3n) is 13.5. The Balaban J connectivity index is 4.19. The molecule has 0 radical (unpaired) electrons. The molecule has 6 heteroatoms. The van der Waals surface area contributed by atoms with Gasteiger partial charge in [0.1, 0.15) is 13.2 Å². The number of unbranched alkanes of at least 4 members (excludes halogenated alkanes) is 21. The molecule has 0 aromatic heterocycles. The van der Waals surface area contributed by atoms with E-state index < -0.39 is 6.10 Å². The van der Waals surface area contributed by atoms with E-state index in [1.807, 2.05) is 0 Å². The average molecular weight is 1120 g/mol. The van der Waals surface area contributed by atoms with Gasteiger partial charge >= 0.3 is 17.9 Å². The van der Waals surface area contributed by atoms with Crippen molar-refractivity contribution in [3.8, 4) is 0 Å². The molecule has 0 heterocycles. The van der Waals surface area contributed by atoms with E-state index in [0.717, 1.165) is 128 Å². The van der Waals surface area contributed by atoms with Crippen LogP contribution in [0.25, 0.3) is 0 Å². The third-order valence-corrected chi connectivity index (χ3v) is 13.5. The van der Waals surface area contributed by atoms with Gasteiger partial charge in [-0.2, -0.15) is 0 Å². The molecule has 0 amide bonds. The molecule has 0 aromatic rings. The Kier molecular flexibility index (Phi) is 63.4. The zero-order chi connectivity index (χ0) is 58.5. The third kappa shape index (κ3) is 65.7. The van der Waals surface area contributed by atoms with Crippen molar-refractivity contribution in [2.75, 3.05) is 13.2 Å². The van der Waals surface area contributed by atoms with Gasteiger partial charge in [0.05, 0.1) is 0 Å². The van der Waals surface area contributed by atoms with Crippen LogP contribution in [0, 0.1) is 0 Å². The van der Waals surface area contributed by atoms with E-state index in [1.54, 1.807) is 0 Å². The monoisotopic (exact) mass is 1120 g/mol. The summed E-state index contributed by atoms with van der Waals surface area (Å²) in [4.78, 5) is 38.1. The SMILES string of the molecule is CC/C=C\C/C=C\C/C=C\C/C=C\C/C=C\C/C=C\C/C=C\CCCC(=O)OC(COC(=O)CCCCCCCCC)COC(=O)CCCCCCCCCCCCCCCC/C=C\C/C=C\C/C=C\C/C=C\C/C=C\C/C=C\CC. The standard InChI is InChI=1S/C75H120O6/c1-4-7-10-13-16-18-20-22-24-26-28-30-32-33-34-35-36-37-38-39-40-41-43-44-46-48-50-52-54-56-59-62-65-68-74(77)80-71-72(70-79-73(76)67-64-61-58-15-12-9-6-3)81-75(78)69-66-63-60-57-55-53-51-49-47-45-42-31-29-27-25-23-21-19-17-14-11-8-5-2/h7-8,10-11,16-19,22-25,28-31,33-34,36-37,45,47,51,53,57,60,72H,4-6,9,12-15,20-21,26-27,32,35,38-44,46,48-50,52,54-56,58-59,61-71H2,1-3H3/b10-7-,11-8-,18-16-,19-17-,24-22-,25-23-,30-28-,31-29-,34-33-,37-36-,47-45-,53-51-,60-57-. The molecule has 0 saturated carbocycles. The van der Waals surface area contributed by atoms with Crippen LogP contribution in [0.4, 0.5) is 0 Å². The smallest absolute Gasteiger partial charge is 0.306 e. The van der Waals surface area contributed by atoms with Crippen LogP contribution in [0.2, 0.25) is 0 Å². The van der Waals surface area contributed by atoms with Gasteiger partial charge in [0.2, 0.25) is 0 Å². The van der Waals surface area contributed by atoms with Gasteiger partial charge < -0.3 is 14.2 Å². The van der Waals surface area contributed by atoms with Crippen LogP contribution >= 0.6 is 0 Å². The predicted molar refractivity (Wildman–Crippen MR) is 352 cm³/mol. The minimum absolute atomic E-state index is 0.105. The number of ether oxygens (including phenoxy) is 3. The first kappa shape index (κ1) is 76.0.